The van der Waals surface area contributed by atoms with E-state index in [4.69, 9.17) is 0 Å². The maximum Gasteiger partial charge on any atom is 0.349 e. The SMILES string of the molecule is O=C(CSc1nc(=O)n(Cc2ccncc2)c2c1CCCC2)c1ccc(F)cc1. The Morgan fingerprint density at radius 3 is 2.55 bits per heavy atom. The van der Waals surface area contributed by atoms with Crippen molar-refractivity contribution in [1.29, 1.82) is 0 Å². The van der Waals surface area contributed by atoms with Crippen LogP contribution in [0.2, 0.25) is 0 Å². The number of Topliss-reactive ketones (excluding diaryl/α,β-unsaturated/α-hetero) is 1. The zero-order valence-corrected chi connectivity index (χ0v) is 16.6. The van der Waals surface area contributed by atoms with E-state index in [1.54, 1.807) is 17.0 Å². The monoisotopic (exact) mass is 409 g/mol. The molecule has 0 fully saturated rings. The standard InChI is InChI=1S/C22H20FN3O2S/c23-17-7-5-16(6-8-17)20(27)14-29-21-18-3-1-2-4-19(18)26(22(28)25-21)13-15-9-11-24-12-10-15/h5-12H,1-4,13-14H2. The number of benzene rings is 1. The van der Waals surface area contributed by atoms with Crippen molar-refractivity contribution in [3.05, 3.63) is 87.5 Å². The Morgan fingerprint density at radius 2 is 1.79 bits per heavy atom. The number of carbonyl (C=O) groups is 1. The van der Waals surface area contributed by atoms with Gasteiger partial charge in [0, 0.05) is 29.2 Å². The molecule has 5 nitrogen and oxygen atoms in total. The molecule has 2 aromatic heterocycles. The van der Waals surface area contributed by atoms with Crippen molar-refractivity contribution in [3.63, 3.8) is 0 Å². The highest BCUT2D eigenvalue weighted by molar-refractivity contribution is 8.00. The summed E-state index contributed by atoms with van der Waals surface area (Å²) in [5.74, 6) is -0.316. The molecule has 0 saturated carbocycles. The van der Waals surface area contributed by atoms with Crippen LogP contribution in [0.4, 0.5) is 4.39 Å². The number of carbonyl (C=O) groups excluding carboxylic acids is 1. The van der Waals surface area contributed by atoms with E-state index < -0.39 is 0 Å². The number of hydrogen-bond donors (Lipinski definition) is 0. The Morgan fingerprint density at radius 1 is 1.07 bits per heavy atom. The van der Waals surface area contributed by atoms with Gasteiger partial charge in [0.2, 0.25) is 0 Å². The minimum absolute atomic E-state index is 0.109. The van der Waals surface area contributed by atoms with E-state index in [2.05, 4.69) is 9.97 Å². The van der Waals surface area contributed by atoms with Gasteiger partial charge in [-0.2, -0.15) is 4.98 Å². The molecule has 0 N–H and O–H groups in total. The molecule has 3 aromatic rings. The van der Waals surface area contributed by atoms with Crippen molar-refractivity contribution in [2.24, 2.45) is 0 Å². The molecular formula is C22H20FN3O2S. The number of hydrogen-bond acceptors (Lipinski definition) is 5. The minimum atomic E-state index is -0.372. The molecule has 0 atom stereocenters. The summed E-state index contributed by atoms with van der Waals surface area (Å²) < 4.78 is 14.8. The molecule has 0 unspecified atom stereocenters. The van der Waals surface area contributed by atoms with Gasteiger partial charge in [-0.15, -0.1) is 0 Å². The molecule has 0 radical (unpaired) electrons. The maximum absolute atomic E-state index is 13.1. The third-order valence-electron chi connectivity index (χ3n) is 5.05. The highest BCUT2D eigenvalue weighted by Crippen LogP contribution is 2.29. The number of rotatable bonds is 6. The Kier molecular flexibility index (Phi) is 5.85. The van der Waals surface area contributed by atoms with Crippen LogP contribution >= 0.6 is 11.8 Å². The molecule has 1 aliphatic rings. The van der Waals surface area contributed by atoms with Crippen LogP contribution in [-0.4, -0.2) is 26.1 Å². The highest BCUT2D eigenvalue weighted by atomic mass is 32.2. The molecule has 0 spiro atoms. The predicted molar refractivity (Wildman–Crippen MR) is 110 cm³/mol. The maximum atomic E-state index is 13.1. The molecule has 29 heavy (non-hydrogen) atoms. The molecule has 0 aliphatic heterocycles. The first-order valence-corrected chi connectivity index (χ1v) is 10.5. The summed E-state index contributed by atoms with van der Waals surface area (Å²) in [4.78, 5) is 33.5. The zero-order valence-electron chi connectivity index (χ0n) is 15.8. The van der Waals surface area contributed by atoms with Crippen molar-refractivity contribution >= 4 is 17.5 Å². The lowest BCUT2D eigenvalue weighted by atomic mass is 9.97. The van der Waals surface area contributed by atoms with Crippen molar-refractivity contribution in [1.82, 2.24) is 14.5 Å². The lowest BCUT2D eigenvalue weighted by Crippen LogP contribution is -2.30. The zero-order chi connectivity index (χ0) is 20.2. The number of aromatic nitrogens is 3. The predicted octanol–water partition coefficient (Wildman–Crippen LogP) is 3.68. The van der Waals surface area contributed by atoms with Gasteiger partial charge in [-0.05, 0) is 67.6 Å². The van der Waals surface area contributed by atoms with E-state index in [1.807, 2.05) is 12.1 Å². The number of pyridine rings is 1. The van der Waals surface area contributed by atoms with Crippen LogP contribution in [0, 0.1) is 5.82 Å². The molecule has 148 valence electrons. The Hall–Kier alpha value is -2.80. The highest BCUT2D eigenvalue weighted by Gasteiger charge is 2.21. The molecule has 7 heteroatoms. The van der Waals surface area contributed by atoms with Crippen LogP contribution in [0.1, 0.15) is 40.0 Å². The fourth-order valence-electron chi connectivity index (χ4n) is 3.55. The number of halogens is 1. The van der Waals surface area contributed by atoms with Gasteiger partial charge < -0.3 is 0 Å². The number of fused-ring (bicyclic) bond motifs is 1. The third kappa shape index (κ3) is 4.45. The smallest absolute Gasteiger partial charge is 0.293 e. The van der Waals surface area contributed by atoms with Crippen molar-refractivity contribution in [2.75, 3.05) is 5.75 Å². The first-order chi connectivity index (χ1) is 14.1. The van der Waals surface area contributed by atoms with Gasteiger partial charge in [0.15, 0.2) is 5.78 Å². The second-order valence-electron chi connectivity index (χ2n) is 6.99. The Bertz CT molecular complexity index is 1080. The van der Waals surface area contributed by atoms with Gasteiger partial charge in [0.05, 0.1) is 12.3 Å². The normalized spacial score (nSPS) is 13.1. The summed E-state index contributed by atoms with van der Waals surface area (Å²) in [6, 6.07) is 9.30. The summed E-state index contributed by atoms with van der Waals surface area (Å²) in [6.07, 6.45) is 7.19. The average molecular weight is 409 g/mol. The summed E-state index contributed by atoms with van der Waals surface area (Å²) >= 11 is 1.29. The summed E-state index contributed by atoms with van der Waals surface area (Å²) in [5, 5.41) is 0.645. The van der Waals surface area contributed by atoms with E-state index in [-0.39, 0.29) is 23.0 Å². The van der Waals surface area contributed by atoms with Crippen LogP contribution in [0.3, 0.4) is 0 Å². The van der Waals surface area contributed by atoms with Crippen LogP contribution < -0.4 is 5.69 Å². The lowest BCUT2D eigenvalue weighted by Gasteiger charge is -2.22. The largest absolute Gasteiger partial charge is 0.349 e. The molecule has 1 aromatic carbocycles. The quantitative estimate of drug-likeness (QED) is 0.353. The van der Waals surface area contributed by atoms with Crippen LogP contribution in [0.25, 0.3) is 0 Å². The van der Waals surface area contributed by atoms with Gasteiger partial charge in [-0.3, -0.25) is 14.3 Å². The topological polar surface area (TPSA) is 64.8 Å². The van der Waals surface area contributed by atoms with E-state index in [0.29, 0.717) is 17.1 Å². The molecular weight excluding hydrogens is 389 g/mol. The van der Waals surface area contributed by atoms with Crippen LogP contribution in [0.5, 0.6) is 0 Å². The van der Waals surface area contributed by atoms with Gasteiger partial charge in [-0.1, -0.05) is 11.8 Å². The molecule has 0 bridgehead atoms. The Balaban J connectivity index is 1.59. The average Bonchev–Trinajstić information content (AvgIpc) is 2.75. The number of nitrogens with zero attached hydrogens (tertiary/aromatic N) is 3. The first-order valence-electron chi connectivity index (χ1n) is 9.55. The van der Waals surface area contributed by atoms with Crippen LogP contribution in [-0.2, 0) is 19.4 Å². The molecule has 4 rings (SSSR count). The summed E-state index contributed by atoms with van der Waals surface area (Å²) in [6.45, 7) is 0.468. The molecule has 0 amide bonds. The summed E-state index contributed by atoms with van der Waals surface area (Å²) in [5.41, 5.74) is 3.26. The van der Waals surface area contributed by atoms with Gasteiger partial charge in [-0.25, -0.2) is 9.18 Å². The summed E-state index contributed by atoms with van der Waals surface area (Å²) in [7, 11) is 0. The van der Waals surface area contributed by atoms with Crippen LogP contribution in [0.15, 0.2) is 58.6 Å². The van der Waals surface area contributed by atoms with Crippen molar-refractivity contribution in [2.45, 2.75) is 37.3 Å². The first kappa shape index (κ1) is 19.5. The molecule has 0 saturated heterocycles. The number of thioether (sulfide) groups is 1. The lowest BCUT2D eigenvalue weighted by molar-refractivity contribution is 0.102. The van der Waals surface area contributed by atoms with E-state index in [1.165, 1.54) is 36.0 Å². The third-order valence-corrected chi connectivity index (χ3v) is 6.06. The van der Waals surface area contributed by atoms with Crippen molar-refractivity contribution in [3.8, 4) is 0 Å². The Labute approximate surface area is 172 Å². The minimum Gasteiger partial charge on any atom is -0.293 e. The van der Waals surface area contributed by atoms with Gasteiger partial charge in [0.1, 0.15) is 10.8 Å². The second kappa shape index (κ2) is 8.69. The second-order valence-corrected chi connectivity index (χ2v) is 7.96. The van der Waals surface area contributed by atoms with Gasteiger partial charge in [0.25, 0.3) is 0 Å². The van der Waals surface area contributed by atoms with Gasteiger partial charge >= 0.3 is 5.69 Å². The number of ketones is 1. The van der Waals surface area contributed by atoms with E-state index >= 15 is 0 Å². The fraction of sp³-hybridized carbons (Fsp3) is 0.273. The van der Waals surface area contributed by atoms with E-state index in [9.17, 15) is 14.0 Å². The fourth-order valence-corrected chi connectivity index (χ4v) is 4.53. The van der Waals surface area contributed by atoms with E-state index in [0.717, 1.165) is 42.5 Å². The van der Waals surface area contributed by atoms with Crippen molar-refractivity contribution < 1.29 is 9.18 Å². The molecule has 1 aliphatic carbocycles. The molecule has 2 heterocycles.